The fourth-order valence-corrected chi connectivity index (χ4v) is 2.70. The van der Waals surface area contributed by atoms with Gasteiger partial charge in [-0.15, -0.1) is 0 Å². The van der Waals surface area contributed by atoms with Gasteiger partial charge in [0.1, 0.15) is 0 Å². The molecule has 0 aromatic heterocycles. The number of para-hydroxylation sites is 1. The Labute approximate surface area is 139 Å². The average Bonchev–Trinajstić information content (AvgIpc) is 2.95. The summed E-state index contributed by atoms with van der Waals surface area (Å²) in [7, 11) is 0. The first-order valence-electron chi connectivity index (χ1n) is 7.32. The number of carbonyl (C=O) groups is 2. The van der Waals surface area contributed by atoms with Crippen molar-refractivity contribution in [2.24, 2.45) is 0 Å². The minimum Gasteiger partial charge on any atom is -0.336 e. The Morgan fingerprint density at radius 3 is 2.65 bits per heavy atom. The molecule has 1 heterocycles. The fourth-order valence-electron chi connectivity index (χ4n) is 2.48. The van der Waals surface area contributed by atoms with Gasteiger partial charge in [0.15, 0.2) is 0 Å². The van der Waals surface area contributed by atoms with Crippen molar-refractivity contribution in [1.82, 2.24) is 10.2 Å². The Balaban J connectivity index is 1.79. The smallest absolute Gasteiger partial charge is 0.317 e. The first-order valence-corrected chi connectivity index (χ1v) is 7.69. The molecule has 0 saturated carbocycles. The summed E-state index contributed by atoms with van der Waals surface area (Å²) in [4.78, 5) is 25.8. The molecular weight excluding hydrogens is 314 g/mol. The van der Waals surface area contributed by atoms with Crippen LogP contribution in [-0.4, -0.2) is 29.9 Å². The predicted octanol–water partition coefficient (Wildman–Crippen LogP) is 3.12. The summed E-state index contributed by atoms with van der Waals surface area (Å²) < 4.78 is 0. The molecule has 0 bridgehead atoms. The van der Waals surface area contributed by atoms with E-state index in [-0.39, 0.29) is 11.9 Å². The normalized spacial score (nSPS) is 13.8. The lowest BCUT2D eigenvalue weighted by atomic mass is 10.1. The minimum absolute atomic E-state index is 0.0859. The van der Waals surface area contributed by atoms with E-state index in [1.807, 2.05) is 24.3 Å². The Kier molecular flexibility index (Phi) is 4.48. The summed E-state index contributed by atoms with van der Waals surface area (Å²) in [5.74, 6) is -0.270. The second-order valence-corrected chi connectivity index (χ2v) is 5.65. The summed E-state index contributed by atoms with van der Waals surface area (Å²) in [6.45, 7) is 1.75. The molecule has 0 aliphatic carbocycles. The van der Waals surface area contributed by atoms with Gasteiger partial charge in [0.2, 0.25) is 0 Å². The molecule has 5 nitrogen and oxygen atoms in total. The topological polar surface area (TPSA) is 61.4 Å². The van der Waals surface area contributed by atoms with E-state index >= 15 is 0 Å². The summed E-state index contributed by atoms with van der Waals surface area (Å²) in [5.41, 5.74) is 1.98. The maximum atomic E-state index is 12.4. The van der Waals surface area contributed by atoms with Gasteiger partial charge in [-0.3, -0.25) is 4.79 Å². The van der Waals surface area contributed by atoms with Gasteiger partial charge < -0.3 is 15.5 Å². The fraction of sp³-hybridized carbons (Fsp3) is 0.176. The standard InChI is InChI=1S/C17H16ClN3O2/c18-14-7-3-2-6-13(14)16(22)20-15-8-4-1-5-12(15)11-21-10-9-19-17(21)23/h1-8H,9-11H2,(H,19,23)(H,20,22). The summed E-state index contributed by atoms with van der Waals surface area (Å²) in [6, 6.07) is 14.2. The van der Waals surface area contributed by atoms with E-state index in [1.54, 1.807) is 29.2 Å². The Morgan fingerprint density at radius 1 is 1.17 bits per heavy atom. The lowest BCUT2D eigenvalue weighted by molar-refractivity contribution is 0.102. The molecule has 2 aromatic rings. The van der Waals surface area contributed by atoms with Crippen LogP contribution in [0, 0.1) is 0 Å². The third-order valence-electron chi connectivity index (χ3n) is 3.69. The van der Waals surface area contributed by atoms with E-state index in [0.717, 1.165) is 5.56 Å². The van der Waals surface area contributed by atoms with Crippen LogP contribution in [0.5, 0.6) is 0 Å². The van der Waals surface area contributed by atoms with Gasteiger partial charge in [-0.25, -0.2) is 4.79 Å². The number of nitrogens with one attached hydrogen (secondary N) is 2. The molecule has 1 saturated heterocycles. The molecule has 6 heteroatoms. The summed E-state index contributed by atoms with van der Waals surface area (Å²) >= 11 is 6.06. The van der Waals surface area contributed by atoms with Crippen LogP contribution in [0.2, 0.25) is 5.02 Å². The maximum absolute atomic E-state index is 12.4. The molecule has 1 aliphatic rings. The SMILES string of the molecule is O=C(Nc1ccccc1CN1CCNC1=O)c1ccccc1Cl. The largest absolute Gasteiger partial charge is 0.336 e. The van der Waals surface area contributed by atoms with Gasteiger partial charge in [-0.1, -0.05) is 41.9 Å². The van der Waals surface area contributed by atoms with Gasteiger partial charge in [0.25, 0.3) is 5.91 Å². The molecule has 118 valence electrons. The summed E-state index contributed by atoms with van der Waals surface area (Å²) in [6.07, 6.45) is 0. The van der Waals surface area contributed by atoms with Crippen molar-refractivity contribution in [1.29, 1.82) is 0 Å². The lowest BCUT2D eigenvalue weighted by Crippen LogP contribution is -2.28. The molecule has 2 N–H and O–H groups in total. The lowest BCUT2D eigenvalue weighted by Gasteiger charge is -2.17. The van der Waals surface area contributed by atoms with Crippen LogP contribution in [0.3, 0.4) is 0 Å². The molecule has 3 amide bonds. The van der Waals surface area contributed by atoms with Crippen LogP contribution in [0.1, 0.15) is 15.9 Å². The van der Waals surface area contributed by atoms with Crippen LogP contribution in [0.25, 0.3) is 0 Å². The highest BCUT2D eigenvalue weighted by Crippen LogP contribution is 2.21. The maximum Gasteiger partial charge on any atom is 0.317 e. The molecule has 1 fully saturated rings. The number of amides is 3. The zero-order valence-electron chi connectivity index (χ0n) is 12.4. The van der Waals surface area contributed by atoms with Crippen molar-refractivity contribution in [3.63, 3.8) is 0 Å². The minimum atomic E-state index is -0.270. The van der Waals surface area contributed by atoms with E-state index in [0.29, 0.717) is 35.9 Å². The number of nitrogens with zero attached hydrogens (tertiary/aromatic N) is 1. The number of rotatable bonds is 4. The zero-order valence-corrected chi connectivity index (χ0v) is 13.1. The van der Waals surface area contributed by atoms with E-state index in [1.165, 1.54) is 0 Å². The Hall–Kier alpha value is -2.53. The molecule has 0 atom stereocenters. The van der Waals surface area contributed by atoms with Crippen LogP contribution in [0.4, 0.5) is 10.5 Å². The van der Waals surface area contributed by atoms with E-state index in [9.17, 15) is 9.59 Å². The number of hydrogen-bond acceptors (Lipinski definition) is 2. The zero-order chi connectivity index (χ0) is 16.2. The van der Waals surface area contributed by atoms with Crippen LogP contribution >= 0.6 is 11.6 Å². The van der Waals surface area contributed by atoms with Crippen molar-refractivity contribution in [2.45, 2.75) is 6.54 Å². The first-order chi connectivity index (χ1) is 11.1. The highest BCUT2D eigenvalue weighted by Gasteiger charge is 2.21. The van der Waals surface area contributed by atoms with Crippen molar-refractivity contribution < 1.29 is 9.59 Å². The van der Waals surface area contributed by atoms with Gasteiger partial charge in [-0.2, -0.15) is 0 Å². The van der Waals surface area contributed by atoms with Gasteiger partial charge in [0.05, 0.1) is 10.6 Å². The molecule has 0 unspecified atom stereocenters. The van der Waals surface area contributed by atoms with Crippen molar-refractivity contribution in [3.8, 4) is 0 Å². The number of urea groups is 1. The molecule has 2 aromatic carbocycles. The third-order valence-corrected chi connectivity index (χ3v) is 4.02. The van der Waals surface area contributed by atoms with Crippen molar-refractivity contribution >= 4 is 29.2 Å². The average molecular weight is 330 g/mol. The predicted molar refractivity (Wildman–Crippen MR) is 89.7 cm³/mol. The second-order valence-electron chi connectivity index (χ2n) is 5.24. The Morgan fingerprint density at radius 2 is 1.91 bits per heavy atom. The van der Waals surface area contributed by atoms with Gasteiger partial charge >= 0.3 is 6.03 Å². The van der Waals surface area contributed by atoms with Crippen molar-refractivity contribution in [3.05, 3.63) is 64.7 Å². The first kappa shape index (κ1) is 15.4. The molecule has 23 heavy (non-hydrogen) atoms. The van der Waals surface area contributed by atoms with E-state index in [2.05, 4.69) is 10.6 Å². The number of anilines is 1. The van der Waals surface area contributed by atoms with Crippen LogP contribution in [0.15, 0.2) is 48.5 Å². The molecular formula is C17H16ClN3O2. The van der Waals surface area contributed by atoms with Gasteiger partial charge in [-0.05, 0) is 23.8 Å². The van der Waals surface area contributed by atoms with E-state index < -0.39 is 0 Å². The Bertz CT molecular complexity index is 748. The highest BCUT2D eigenvalue weighted by atomic mass is 35.5. The molecule has 0 spiro atoms. The second kappa shape index (κ2) is 6.71. The molecule has 3 rings (SSSR count). The number of benzene rings is 2. The van der Waals surface area contributed by atoms with Crippen LogP contribution in [-0.2, 0) is 6.54 Å². The number of carbonyl (C=O) groups excluding carboxylic acids is 2. The highest BCUT2D eigenvalue weighted by molar-refractivity contribution is 6.34. The van der Waals surface area contributed by atoms with E-state index in [4.69, 9.17) is 11.6 Å². The molecule has 0 radical (unpaired) electrons. The van der Waals surface area contributed by atoms with Gasteiger partial charge in [0, 0.05) is 25.3 Å². The monoisotopic (exact) mass is 329 g/mol. The summed E-state index contributed by atoms with van der Waals surface area (Å²) in [5, 5.41) is 6.04. The van der Waals surface area contributed by atoms with Crippen LogP contribution < -0.4 is 10.6 Å². The van der Waals surface area contributed by atoms with Crippen molar-refractivity contribution in [2.75, 3.05) is 18.4 Å². The quantitative estimate of drug-likeness (QED) is 0.905. The number of halogens is 1. The number of hydrogen-bond donors (Lipinski definition) is 2. The third kappa shape index (κ3) is 3.46. The molecule has 1 aliphatic heterocycles.